The number of aliphatic hydroxyl groups excluding tert-OH is 1. The Labute approximate surface area is 115 Å². The van der Waals surface area contributed by atoms with Crippen molar-refractivity contribution in [2.75, 3.05) is 13.1 Å². The molecule has 1 aromatic heterocycles. The third kappa shape index (κ3) is 2.78. The molecule has 3 rings (SSSR count). The highest BCUT2D eigenvalue weighted by atomic mass is 35.5. The van der Waals surface area contributed by atoms with Crippen molar-refractivity contribution in [3.8, 4) is 11.4 Å². The highest BCUT2D eigenvalue weighted by Gasteiger charge is 2.22. The Morgan fingerprint density at radius 3 is 3.00 bits per heavy atom. The summed E-state index contributed by atoms with van der Waals surface area (Å²) in [6.45, 7) is 2.07. The maximum absolute atomic E-state index is 9.47. The first-order valence-electron chi connectivity index (χ1n) is 6.20. The van der Waals surface area contributed by atoms with E-state index in [2.05, 4.69) is 15.0 Å². The molecule has 0 saturated carbocycles. The van der Waals surface area contributed by atoms with E-state index in [1.54, 1.807) is 6.07 Å². The second-order valence-corrected chi connectivity index (χ2v) is 5.08. The Kier molecular flexibility index (Phi) is 3.50. The van der Waals surface area contributed by atoms with Crippen LogP contribution in [0.3, 0.4) is 0 Å². The van der Waals surface area contributed by atoms with Crippen molar-refractivity contribution in [3.63, 3.8) is 0 Å². The predicted molar refractivity (Wildman–Crippen MR) is 70.6 cm³/mol. The number of aliphatic hydroxyl groups is 1. The summed E-state index contributed by atoms with van der Waals surface area (Å²) in [6.07, 6.45) is 0.553. The number of β-amino-alcohol motifs (C(OH)–C–C–N with tert-alkyl or cyclic N) is 1. The average Bonchev–Trinajstić information content (AvgIpc) is 3.00. The van der Waals surface area contributed by atoms with Crippen molar-refractivity contribution in [1.29, 1.82) is 0 Å². The summed E-state index contributed by atoms with van der Waals surface area (Å²) in [5, 5.41) is 14.0. The molecule has 0 bridgehead atoms. The van der Waals surface area contributed by atoms with Gasteiger partial charge in [-0.1, -0.05) is 28.9 Å². The Hall–Kier alpha value is -1.43. The van der Waals surface area contributed by atoms with Crippen molar-refractivity contribution in [3.05, 3.63) is 35.2 Å². The van der Waals surface area contributed by atoms with Crippen LogP contribution in [0.5, 0.6) is 0 Å². The first kappa shape index (κ1) is 12.6. The summed E-state index contributed by atoms with van der Waals surface area (Å²) in [5.41, 5.74) is 0.764. The molecule has 1 N–H and O–H groups in total. The highest BCUT2D eigenvalue weighted by Crippen LogP contribution is 2.25. The molecule has 1 fully saturated rings. The topological polar surface area (TPSA) is 62.4 Å². The molecule has 0 aliphatic carbocycles. The van der Waals surface area contributed by atoms with Gasteiger partial charge in [-0.25, -0.2) is 0 Å². The molecular formula is C13H14ClN3O2. The number of rotatable bonds is 3. The summed E-state index contributed by atoms with van der Waals surface area (Å²) in [5.74, 6) is 1.05. The Balaban J connectivity index is 1.75. The molecule has 1 aromatic carbocycles. The van der Waals surface area contributed by atoms with Crippen molar-refractivity contribution >= 4 is 11.6 Å². The van der Waals surface area contributed by atoms with Gasteiger partial charge in [0, 0.05) is 18.7 Å². The Bertz CT molecular complexity index is 573. The van der Waals surface area contributed by atoms with Crippen LogP contribution in [0, 0.1) is 0 Å². The van der Waals surface area contributed by atoms with E-state index in [1.807, 2.05) is 18.2 Å². The van der Waals surface area contributed by atoms with Crippen LogP contribution in [0.15, 0.2) is 28.8 Å². The van der Waals surface area contributed by atoms with Crippen LogP contribution in [-0.4, -0.2) is 39.3 Å². The fourth-order valence-electron chi connectivity index (χ4n) is 2.22. The van der Waals surface area contributed by atoms with Gasteiger partial charge < -0.3 is 9.63 Å². The van der Waals surface area contributed by atoms with E-state index in [0.29, 0.717) is 29.8 Å². The molecule has 1 unspecified atom stereocenters. The predicted octanol–water partition coefficient (Wildman–Crippen LogP) is 1.96. The summed E-state index contributed by atoms with van der Waals surface area (Å²) in [6, 6.07) is 7.40. The Morgan fingerprint density at radius 1 is 1.42 bits per heavy atom. The number of hydrogen-bond acceptors (Lipinski definition) is 5. The van der Waals surface area contributed by atoms with Crippen LogP contribution in [0.4, 0.5) is 0 Å². The smallest absolute Gasteiger partial charge is 0.241 e. The molecular weight excluding hydrogens is 266 g/mol. The molecule has 0 spiro atoms. The number of nitrogens with zero attached hydrogens (tertiary/aromatic N) is 3. The Morgan fingerprint density at radius 2 is 2.26 bits per heavy atom. The van der Waals surface area contributed by atoms with E-state index in [-0.39, 0.29) is 6.10 Å². The maximum atomic E-state index is 9.47. The van der Waals surface area contributed by atoms with Crippen LogP contribution in [0.1, 0.15) is 12.3 Å². The fourth-order valence-corrected chi connectivity index (χ4v) is 2.44. The average molecular weight is 280 g/mol. The van der Waals surface area contributed by atoms with Gasteiger partial charge in [0.1, 0.15) is 0 Å². The second-order valence-electron chi connectivity index (χ2n) is 4.67. The van der Waals surface area contributed by atoms with Gasteiger partial charge in [0.05, 0.1) is 17.7 Å². The van der Waals surface area contributed by atoms with Gasteiger partial charge in [0.2, 0.25) is 11.7 Å². The van der Waals surface area contributed by atoms with Crippen LogP contribution in [0.2, 0.25) is 5.02 Å². The lowest BCUT2D eigenvalue weighted by Crippen LogP contribution is -2.21. The minimum atomic E-state index is -0.244. The summed E-state index contributed by atoms with van der Waals surface area (Å²) in [4.78, 5) is 6.44. The molecule has 0 amide bonds. The molecule has 1 aliphatic rings. The van der Waals surface area contributed by atoms with Crippen LogP contribution >= 0.6 is 11.6 Å². The van der Waals surface area contributed by atoms with Gasteiger partial charge in [-0.05, 0) is 18.6 Å². The van der Waals surface area contributed by atoms with Gasteiger partial charge in [-0.3, -0.25) is 4.90 Å². The van der Waals surface area contributed by atoms with E-state index in [1.165, 1.54) is 0 Å². The molecule has 100 valence electrons. The zero-order valence-corrected chi connectivity index (χ0v) is 11.0. The van der Waals surface area contributed by atoms with Crippen molar-refractivity contribution in [1.82, 2.24) is 15.0 Å². The van der Waals surface area contributed by atoms with Gasteiger partial charge in [-0.15, -0.1) is 0 Å². The normalized spacial score (nSPS) is 20.0. The zero-order valence-electron chi connectivity index (χ0n) is 10.3. The highest BCUT2D eigenvalue weighted by molar-refractivity contribution is 6.33. The SMILES string of the molecule is OC1CCN(Cc2nc(-c3ccccc3Cl)no2)C1. The summed E-state index contributed by atoms with van der Waals surface area (Å²) < 4.78 is 5.23. The molecule has 2 heterocycles. The molecule has 19 heavy (non-hydrogen) atoms. The van der Waals surface area contributed by atoms with Crippen molar-refractivity contribution in [2.45, 2.75) is 19.1 Å². The maximum Gasteiger partial charge on any atom is 0.241 e. The van der Waals surface area contributed by atoms with E-state index in [9.17, 15) is 5.11 Å². The molecule has 0 radical (unpaired) electrons. The number of aromatic nitrogens is 2. The molecule has 5 nitrogen and oxygen atoms in total. The number of likely N-dealkylation sites (tertiary alicyclic amines) is 1. The summed E-state index contributed by atoms with van der Waals surface area (Å²) in [7, 11) is 0. The first-order chi connectivity index (χ1) is 9.22. The van der Waals surface area contributed by atoms with E-state index in [0.717, 1.165) is 18.5 Å². The lowest BCUT2D eigenvalue weighted by atomic mass is 10.2. The molecule has 1 saturated heterocycles. The molecule has 2 aromatic rings. The van der Waals surface area contributed by atoms with E-state index < -0.39 is 0 Å². The van der Waals surface area contributed by atoms with E-state index in [4.69, 9.17) is 16.1 Å². The number of hydrogen-bond donors (Lipinski definition) is 1. The molecule has 1 aliphatic heterocycles. The minimum absolute atomic E-state index is 0.244. The second kappa shape index (κ2) is 5.28. The van der Waals surface area contributed by atoms with Crippen LogP contribution < -0.4 is 0 Å². The lowest BCUT2D eigenvalue weighted by molar-refractivity contribution is 0.169. The fraction of sp³-hybridized carbons (Fsp3) is 0.385. The third-order valence-electron chi connectivity index (χ3n) is 3.19. The third-order valence-corrected chi connectivity index (χ3v) is 3.52. The van der Waals surface area contributed by atoms with Crippen molar-refractivity contribution in [2.24, 2.45) is 0 Å². The van der Waals surface area contributed by atoms with Gasteiger partial charge >= 0.3 is 0 Å². The number of halogens is 1. The zero-order chi connectivity index (χ0) is 13.2. The van der Waals surface area contributed by atoms with Crippen LogP contribution in [0.25, 0.3) is 11.4 Å². The lowest BCUT2D eigenvalue weighted by Gasteiger charge is -2.10. The standard InChI is InChI=1S/C13H14ClN3O2/c14-11-4-2-1-3-10(11)13-15-12(19-16-13)8-17-6-5-9(18)7-17/h1-4,9,18H,5-8H2. The number of benzene rings is 1. The monoisotopic (exact) mass is 279 g/mol. The van der Waals surface area contributed by atoms with Gasteiger partial charge in [0.15, 0.2) is 0 Å². The van der Waals surface area contributed by atoms with Crippen LogP contribution in [-0.2, 0) is 6.54 Å². The summed E-state index contributed by atoms with van der Waals surface area (Å²) >= 11 is 6.09. The van der Waals surface area contributed by atoms with E-state index >= 15 is 0 Å². The molecule has 6 heteroatoms. The molecule has 1 atom stereocenters. The van der Waals surface area contributed by atoms with Gasteiger partial charge in [-0.2, -0.15) is 4.98 Å². The van der Waals surface area contributed by atoms with Gasteiger partial charge in [0.25, 0.3) is 0 Å². The largest absolute Gasteiger partial charge is 0.392 e. The minimum Gasteiger partial charge on any atom is -0.392 e. The first-order valence-corrected chi connectivity index (χ1v) is 6.58. The quantitative estimate of drug-likeness (QED) is 0.930. The van der Waals surface area contributed by atoms with Crippen molar-refractivity contribution < 1.29 is 9.63 Å².